The number of hydrogen-bond donors (Lipinski definition) is 5. The van der Waals surface area contributed by atoms with Crippen LogP contribution in [0.25, 0.3) is 6.08 Å². The molecule has 9 nitrogen and oxygen atoms in total. The number of rotatable bonds is 28. The fourth-order valence-corrected chi connectivity index (χ4v) is 7.87. The molecule has 0 aliphatic heterocycles. The summed E-state index contributed by atoms with van der Waals surface area (Å²) >= 11 is 0. The van der Waals surface area contributed by atoms with Gasteiger partial charge in [0, 0.05) is 25.8 Å². The molecule has 0 aliphatic carbocycles. The number of nitrogen functional groups attached to an aromatic ring is 1. The molecule has 4 rings (SSSR count). The summed E-state index contributed by atoms with van der Waals surface area (Å²) in [7, 11) is 3.44. The van der Waals surface area contributed by atoms with E-state index in [-0.39, 0.29) is 42.7 Å². The van der Waals surface area contributed by atoms with Gasteiger partial charge in [0.2, 0.25) is 0 Å². The fourth-order valence-electron chi connectivity index (χ4n) is 7.87. The van der Waals surface area contributed by atoms with Crippen molar-refractivity contribution in [1.29, 1.82) is 0 Å². The highest BCUT2D eigenvalue weighted by atomic mass is 16.5. The molecule has 0 saturated heterocycles. The molecule has 0 bridgehead atoms. The smallest absolute Gasteiger partial charge is 0.163 e. The Bertz CT molecular complexity index is 1880. The first kappa shape index (κ1) is 45.9. The number of phenols is 1. The average Bonchev–Trinajstić information content (AvgIpc) is 3.22. The molecule has 0 amide bonds. The summed E-state index contributed by atoms with van der Waals surface area (Å²) in [6, 6.07) is 24.5. The van der Waals surface area contributed by atoms with Crippen molar-refractivity contribution in [3.63, 3.8) is 0 Å². The van der Waals surface area contributed by atoms with E-state index in [0.29, 0.717) is 42.5 Å². The maximum Gasteiger partial charge on any atom is 0.163 e. The maximum atomic E-state index is 13.1. The molecule has 1 heterocycles. The van der Waals surface area contributed by atoms with Crippen molar-refractivity contribution in [3.05, 3.63) is 124 Å². The minimum absolute atomic E-state index is 0.00634. The monoisotopic (exact) mass is 791 g/mol. The van der Waals surface area contributed by atoms with Gasteiger partial charge >= 0.3 is 0 Å². The number of Topliss-reactive ketones (excluding diaryl/α,β-unsaturated/α-hetero) is 1. The Morgan fingerprint density at radius 2 is 1.48 bits per heavy atom. The lowest BCUT2D eigenvalue weighted by atomic mass is 9.84. The number of unbranched alkanes of at least 4 members (excludes halogenated alkanes) is 1. The highest BCUT2D eigenvalue weighted by molar-refractivity contribution is 6.06. The summed E-state index contributed by atoms with van der Waals surface area (Å²) in [6.07, 6.45) is 16.1. The number of phenolic OH excluding ortho intramolecular Hbond substituents is 1. The van der Waals surface area contributed by atoms with E-state index in [0.717, 1.165) is 93.9 Å². The van der Waals surface area contributed by atoms with Crippen LogP contribution in [-0.4, -0.2) is 65.8 Å². The lowest BCUT2D eigenvalue weighted by molar-refractivity contribution is -0.124. The highest BCUT2D eigenvalue weighted by Gasteiger charge is 2.18. The molecule has 2 atom stereocenters. The van der Waals surface area contributed by atoms with Crippen molar-refractivity contribution in [2.75, 3.05) is 39.6 Å². The molecule has 0 aliphatic rings. The Kier molecular flexibility index (Phi) is 20.2. The number of aromatic hydroxyl groups is 1. The van der Waals surface area contributed by atoms with Gasteiger partial charge in [-0.25, -0.2) is 4.98 Å². The number of carbonyl (C=O) groups is 2. The predicted octanol–water partition coefficient (Wildman–Crippen LogP) is 8.03. The van der Waals surface area contributed by atoms with Gasteiger partial charge in [-0.2, -0.15) is 0 Å². The van der Waals surface area contributed by atoms with Gasteiger partial charge in [0.1, 0.15) is 11.6 Å². The van der Waals surface area contributed by atoms with E-state index in [1.165, 1.54) is 29.9 Å². The Morgan fingerprint density at radius 1 is 0.793 bits per heavy atom. The molecule has 9 heteroatoms. The van der Waals surface area contributed by atoms with E-state index in [9.17, 15) is 24.9 Å². The van der Waals surface area contributed by atoms with Gasteiger partial charge in [0.25, 0.3) is 0 Å². The predicted molar refractivity (Wildman–Crippen MR) is 234 cm³/mol. The van der Waals surface area contributed by atoms with Crippen LogP contribution < -0.4 is 15.8 Å². The van der Waals surface area contributed by atoms with Gasteiger partial charge in [-0.05, 0) is 159 Å². The van der Waals surface area contributed by atoms with E-state index >= 15 is 0 Å². The number of nitrogens with one attached hydrogen (secondary N) is 1. The number of nitrogens with zero attached hydrogens (tertiary/aromatic N) is 1. The van der Waals surface area contributed by atoms with Gasteiger partial charge in [0.05, 0.1) is 13.5 Å². The van der Waals surface area contributed by atoms with Gasteiger partial charge in [0.15, 0.2) is 17.3 Å². The summed E-state index contributed by atoms with van der Waals surface area (Å²) in [5.74, 6) is 1.23. The third-order valence-corrected chi connectivity index (χ3v) is 11.0. The highest BCUT2D eigenvalue weighted by Crippen LogP contribution is 2.32. The molecule has 0 spiro atoms. The van der Waals surface area contributed by atoms with Crippen LogP contribution in [0.5, 0.6) is 11.5 Å². The van der Waals surface area contributed by atoms with Gasteiger partial charge in [-0.3, -0.25) is 9.59 Å². The van der Waals surface area contributed by atoms with E-state index in [2.05, 4.69) is 58.8 Å². The number of carbonyl (C=O) groups excluding carboxylic acids is 2. The molecule has 4 aromatic rings. The number of aliphatic hydroxyl groups is 2. The van der Waals surface area contributed by atoms with Crippen LogP contribution in [0, 0.1) is 11.8 Å². The number of allylic oxidation sites excluding steroid dienone is 1. The Labute approximate surface area is 345 Å². The quantitative estimate of drug-likeness (QED) is 0.0219. The maximum absolute atomic E-state index is 13.1. The van der Waals surface area contributed by atoms with Crippen LogP contribution in [0.15, 0.2) is 85.1 Å². The number of aromatic nitrogens is 1. The summed E-state index contributed by atoms with van der Waals surface area (Å²) < 4.78 is 5.41. The SMILES string of the molecule is CNC[C@H](CCCCO)C[C@H](CCCO)CCCC(=O)CC(=O)/C=C/c1cc(OC)c(O)cc1Cc1cnc(N)cc1CCc1cccc(CCc2ccccc2)c1. The Hall–Kier alpha value is -4.83. The van der Waals surface area contributed by atoms with Gasteiger partial charge in [-0.15, -0.1) is 0 Å². The number of hydrogen-bond acceptors (Lipinski definition) is 9. The van der Waals surface area contributed by atoms with Crippen LogP contribution in [0.2, 0.25) is 0 Å². The van der Waals surface area contributed by atoms with Crippen LogP contribution >= 0.6 is 0 Å². The molecule has 0 saturated carbocycles. The number of aryl methyl sites for hydroxylation is 4. The number of methoxy groups -OCH3 is 1. The molecule has 0 fully saturated rings. The molecule has 0 radical (unpaired) electrons. The van der Waals surface area contributed by atoms with E-state index in [1.807, 2.05) is 19.2 Å². The third kappa shape index (κ3) is 16.2. The molecule has 1 aromatic heterocycles. The van der Waals surface area contributed by atoms with E-state index in [4.69, 9.17) is 10.5 Å². The average molecular weight is 792 g/mol. The van der Waals surface area contributed by atoms with Crippen molar-refractivity contribution in [2.24, 2.45) is 11.8 Å². The summed E-state index contributed by atoms with van der Waals surface area (Å²) in [4.78, 5) is 30.4. The summed E-state index contributed by atoms with van der Waals surface area (Å²) in [6.45, 7) is 1.25. The van der Waals surface area contributed by atoms with Crippen LogP contribution in [0.3, 0.4) is 0 Å². The van der Waals surface area contributed by atoms with E-state index < -0.39 is 0 Å². The number of nitrogens with two attached hydrogens (primary N) is 1. The molecular formula is C49H65N3O6. The van der Waals surface area contributed by atoms with Crippen molar-refractivity contribution in [1.82, 2.24) is 10.3 Å². The first-order chi connectivity index (χ1) is 28.2. The second-order valence-electron chi connectivity index (χ2n) is 15.6. The number of ketones is 2. The molecule has 0 unspecified atom stereocenters. The van der Waals surface area contributed by atoms with Gasteiger partial charge in [-0.1, -0.05) is 73.5 Å². The van der Waals surface area contributed by atoms with Gasteiger partial charge < -0.3 is 31.1 Å². The fraction of sp³-hybridized carbons (Fsp3) is 0.449. The zero-order valence-electron chi connectivity index (χ0n) is 34.6. The first-order valence-electron chi connectivity index (χ1n) is 21.0. The lowest BCUT2D eigenvalue weighted by Gasteiger charge is -2.23. The molecule has 3 aromatic carbocycles. The molecule has 312 valence electrons. The Morgan fingerprint density at radius 3 is 2.21 bits per heavy atom. The minimum Gasteiger partial charge on any atom is -0.504 e. The van der Waals surface area contributed by atoms with Crippen molar-refractivity contribution >= 4 is 23.5 Å². The second kappa shape index (κ2) is 25.5. The first-order valence-corrected chi connectivity index (χ1v) is 21.0. The number of benzene rings is 3. The third-order valence-electron chi connectivity index (χ3n) is 11.0. The molecule has 6 N–H and O–H groups in total. The zero-order valence-corrected chi connectivity index (χ0v) is 34.6. The van der Waals surface area contributed by atoms with Crippen molar-refractivity contribution in [3.8, 4) is 11.5 Å². The number of anilines is 1. The largest absolute Gasteiger partial charge is 0.504 e. The van der Waals surface area contributed by atoms with Crippen molar-refractivity contribution < 1.29 is 29.6 Å². The number of ether oxygens (including phenoxy) is 1. The molecule has 58 heavy (non-hydrogen) atoms. The standard InChI is InChI=1S/C49H65N3O6/c1-51-34-40(13-6-7-25-53)28-37(17-10-26-54)16-9-18-45(55)33-46(56)24-23-41-31-48(58-2)47(57)30-43(41)29-44-35-52-49(50)32-42(44)22-21-39-15-8-14-38(27-39)20-19-36-11-4-3-5-12-36/h3-5,8,11-12,14-15,23-24,27,30-32,35,37,40,51,53-54,57H,6-7,9-10,13,16-22,25-26,28-29,33-34H2,1-2H3,(H2,50,52)/b24-23+/t37-,40+/m0/s1. The molecular weight excluding hydrogens is 727 g/mol. The van der Waals surface area contributed by atoms with E-state index in [1.54, 1.807) is 24.4 Å². The number of pyridine rings is 1. The van der Waals surface area contributed by atoms with Crippen LogP contribution in [-0.2, 0) is 41.7 Å². The van der Waals surface area contributed by atoms with Crippen LogP contribution in [0.1, 0.15) is 103 Å². The zero-order chi connectivity index (χ0) is 41.5. The summed E-state index contributed by atoms with van der Waals surface area (Å²) in [5, 5.41) is 32.7. The minimum atomic E-state index is -0.279. The normalized spacial score (nSPS) is 12.5. The van der Waals surface area contributed by atoms with Crippen molar-refractivity contribution in [2.45, 2.75) is 96.3 Å². The second-order valence-corrected chi connectivity index (χ2v) is 15.6. The van der Waals surface area contributed by atoms with Crippen LogP contribution in [0.4, 0.5) is 5.82 Å². The topological polar surface area (TPSA) is 155 Å². The Balaban J connectivity index is 1.38. The number of aliphatic hydroxyl groups excluding tert-OH is 2. The summed E-state index contributed by atoms with van der Waals surface area (Å²) in [5.41, 5.74) is 13.6. The lowest BCUT2D eigenvalue weighted by Crippen LogP contribution is -2.22.